The quantitative estimate of drug-likeness (QED) is 0.288. The Morgan fingerprint density at radius 1 is 1.29 bits per heavy atom. The van der Waals surface area contributed by atoms with E-state index in [0.717, 1.165) is 28.5 Å². The van der Waals surface area contributed by atoms with E-state index in [1.165, 1.54) is 42.2 Å². The maximum absolute atomic E-state index is 14.2. The molecule has 1 N–H and O–H groups in total. The van der Waals surface area contributed by atoms with Gasteiger partial charge >= 0.3 is 11.7 Å². The van der Waals surface area contributed by atoms with Crippen LogP contribution in [0.1, 0.15) is 49.3 Å². The Balaban J connectivity index is 1.72. The minimum Gasteiger partial charge on any atom is -0.480 e. The van der Waals surface area contributed by atoms with Gasteiger partial charge in [-0.15, -0.1) is 11.3 Å². The molecule has 1 aromatic carbocycles. The Bertz CT molecular complexity index is 1750. The fourth-order valence-corrected chi connectivity index (χ4v) is 6.61. The van der Waals surface area contributed by atoms with Crippen LogP contribution in [0.15, 0.2) is 50.7 Å². The van der Waals surface area contributed by atoms with E-state index in [-0.39, 0.29) is 37.0 Å². The molecule has 1 aliphatic rings. The maximum Gasteiger partial charge on any atom is 0.333 e. The van der Waals surface area contributed by atoms with Gasteiger partial charge in [0.2, 0.25) is 5.89 Å². The molecule has 1 atom stereocenters. The highest BCUT2D eigenvalue weighted by Gasteiger charge is 2.36. The molecule has 0 spiro atoms. The van der Waals surface area contributed by atoms with E-state index in [1.807, 2.05) is 24.3 Å². The number of oxazole rings is 1. The van der Waals surface area contributed by atoms with Gasteiger partial charge in [-0.3, -0.25) is 9.36 Å². The summed E-state index contributed by atoms with van der Waals surface area (Å²) < 4.78 is 19.6. The lowest BCUT2D eigenvalue weighted by atomic mass is 9.93. The molecule has 1 saturated heterocycles. The fourth-order valence-electron chi connectivity index (χ4n) is 5.37. The molecule has 3 aromatic heterocycles. The highest BCUT2D eigenvalue weighted by molar-refractivity contribution is 7.22. The van der Waals surface area contributed by atoms with Crippen LogP contribution in [-0.2, 0) is 32.8 Å². The number of benzene rings is 1. The van der Waals surface area contributed by atoms with E-state index >= 15 is 0 Å². The maximum atomic E-state index is 14.2. The normalized spacial score (nSPS) is 15.1. The van der Waals surface area contributed by atoms with E-state index in [2.05, 4.69) is 11.1 Å². The van der Waals surface area contributed by atoms with Crippen LogP contribution in [0.25, 0.3) is 21.0 Å². The van der Waals surface area contributed by atoms with Gasteiger partial charge in [-0.25, -0.2) is 19.1 Å². The van der Waals surface area contributed by atoms with Gasteiger partial charge < -0.3 is 19.0 Å². The molecule has 4 aromatic rings. The first-order valence-electron chi connectivity index (χ1n) is 13.7. The number of ether oxygens (including phenoxy) is 2. The molecule has 5 rings (SSSR count). The third-order valence-corrected chi connectivity index (χ3v) is 9.09. The number of aliphatic carboxylic acids is 1. The summed E-state index contributed by atoms with van der Waals surface area (Å²) >= 11 is 1.20. The first-order chi connectivity index (χ1) is 20.1. The SMILES string of the molecule is Cc1c(-c2ncco2)sc2c1c(=O)n(C(C)(C)C(=O)O)c(=O)n2C[C@@H](COC1CCOCC1)c1ccccc1CC#N. The molecule has 0 radical (unpaired) electrons. The zero-order valence-electron chi connectivity index (χ0n) is 23.7. The number of carboxylic acids is 1. The number of fused-ring (bicyclic) bond motifs is 1. The van der Waals surface area contributed by atoms with Gasteiger partial charge in [0.1, 0.15) is 16.6 Å². The first kappa shape index (κ1) is 29.4. The Morgan fingerprint density at radius 3 is 2.69 bits per heavy atom. The van der Waals surface area contributed by atoms with Crippen molar-refractivity contribution in [3.63, 3.8) is 0 Å². The summed E-state index contributed by atoms with van der Waals surface area (Å²) in [4.78, 5) is 45.5. The molecule has 42 heavy (non-hydrogen) atoms. The zero-order chi connectivity index (χ0) is 30.0. The van der Waals surface area contributed by atoms with E-state index in [0.29, 0.717) is 34.4 Å². The summed E-state index contributed by atoms with van der Waals surface area (Å²) in [6, 6.07) is 9.74. The second-order valence-electron chi connectivity index (χ2n) is 10.8. The zero-order valence-corrected chi connectivity index (χ0v) is 24.5. The molecular formula is C30H32N4O7S. The predicted octanol–water partition coefficient (Wildman–Crippen LogP) is 4.05. The van der Waals surface area contributed by atoms with Crippen molar-refractivity contribution >= 4 is 27.5 Å². The minimum absolute atomic E-state index is 0.0124. The third kappa shape index (κ3) is 5.43. The van der Waals surface area contributed by atoms with Crippen LogP contribution in [0.4, 0.5) is 0 Å². The molecule has 0 amide bonds. The molecule has 220 valence electrons. The van der Waals surface area contributed by atoms with Crippen molar-refractivity contribution < 1.29 is 23.8 Å². The number of hydrogen-bond acceptors (Lipinski definition) is 9. The molecule has 0 aliphatic carbocycles. The number of thiophene rings is 1. The van der Waals surface area contributed by atoms with E-state index in [4.69, 9.17) is 13.9 Å². The number of aromatic nitrogens is 3. The van der Waals surface area contributed by atoms with Crippen LogP contribution in [0, 0.1) is 18.3 Å². The van der Waals surface area contributed by atoms with Crippen LogP contribution in [-0.4, -0.2) is 51.1 Å². The highest BCUT2D eigenvalue weighted by Crippen LogP contribution is 2.36. The van der Waals surface area contributed by atoms with Crippen LogP contribution in [0.3, 0.4) is 0 Å². The Hall–Kier alpha value is -4.05. The van der Waals surface area contributed by atoms with Gasteiger partial charge in [-0.05, 0) is 50.3 Å². The third-order valence-electron chi connectivity index (χ3n) is 7.79. The molecule has 4 heterocycles. The highest BCUT2D eigenvalue weighted by atomic mass is 32.1. The van der Waals surface area contributed by atoms with Gasteiger partial charge in [-0.1, -0.05) is 24.3 Å². The van der Waals surface area contributed by atoms with Crippen LogP contribution in [0.5, 0.6) is 0 Å². The average Bonchev–Trinajstić information content (AvgIpc) is 3.62. The van der Waals surface area contributed by atoms with Crippen LogP contribution < -0.4 is 11.2 Å². The van der Waals surface area contributed by atoms with Gasteiger partial charge in [0.05, 0.1) is 41.7 Å². The number of carboxylic acid groups (broad SMARTS) is 1. The Kier molecular flexibility index (Phi) is 8.45. The van der Waals surface area contributed by atoms with Crippen molar-refractivity contribution in [2.75, 3.05) is 19.8 Å². The summed E-state index contributed by atoms with van der Waals surface area (Å²) in [6.07, 6.45) is 4.57. The van der Waals surface area contributed by atoms with Crippen molar-refractivity contribution in [3.8, 4) is 16.8 Å². The van der Waals surface area contributed by atoms with Crippen molar-refractivity contribution in [3.05, 3.63) is 74.3 Å². The summed E-state index contributed by atoms with van der Waals surface area (Å²) in [5.74, 6) is -1.40. The molecule has 0 saturated carbocycles. The number of carbonyl (C=O) groups is 1. The summed E-state index contributed by atoms with van der Waals surface area (Å²) in [7, 11) is 0. The lowest BCUT2D eigenvalue weighted by molar-refractivity contribution is -0.146. The fraction of sp³-hybridized carbons (Fsp3) is 0.433. The number of nitrogens with zero attached hydrogens (tertiary/aromatic N) is 4. The van der Waals surface area contributed by atoms with Gasteiger partial charge in [-0.2, -0.15) is 5.26 Å². The minimum atomic E-state index is -1.83. The first-order valence-corrected chi connectivity index (χ1v) is 14.5. The lowest BCUT2D eigenvalue weighted by Crippen LogP contribution is -2.52. The molecule has 11 nitrogen and oxygen atoms in total. The van der Waals surface area contributed by atoms with Crippen molar-refractivity contribution in [2.24, 2.45) is 0 Å². The molecular weight excluding hydrogens is 560 g/mol. The monoisotopic (exact) mass is 592 g/mol. The summed E-state index contributed by atoms with van der Waals surface area (Å²) in [5, 5.41) is 19.8. The van der Waals surface area contributed by atoms with Crippen LogP contribution >= 0.6 is 11.3 Å². The topological polar surface area (TPSA) is 150 Å². The van der Waals surface area contributed by atoms with E-state index in [9.17, 15) is 24.8 Å². The molecule has 0 bridgehead atoms. The van der Waals surface area contributed by atoms with Crippen molar-refractivity contribution in [1.29, 1.82) is 5.26 Å². The Morgan fingerprint density at radius 2 is 2.02 bits per heavy atom. The lowest BCUT2D eigenvalue weighted by Gasteiger charge is -2.28. The van der Waals surface area contributed by atoms with Gasteiger partial charge in [0, 0.05) is 25.7 Å². The number of hydrogen-bond donors (Lipinski definition) is 1. The van der Waals surface area contributed by atoms with Gasteiger partial charge in [0.15, 0.2) is 0 Å². The molecule has 12 heteroatoms. The van der Waals surface area contributed by atoms with E-state index in [1.54, 1.807) is 6.92 Å². The number of nitriles is 1. The Labute approximate surface area is 245 Å². The number of aryl methyl sites for hydroxylation is 1. The van der Waals surface area contributed by atoms with Gasteiger partial charge in [0.25, 0.3) is 5.56 Å². The summed E-state index contributed by atoms with van der Waals surface area (Å²) in [5.41, 5.74) is -1.05. The van der Waals surface area contributed by atoms with Crippen molar-refractivity contribution in [1.82, 2.24) is 14.1 Å². The van der Waals surface area contributed by atoms with Crippen molar-refractivity contribution in [2.45, 2.75) is 64.1 Å². The molecule has 1 fully saturated rings. The standard InChI is InChI=1S/C30H32N4O7S/c1-18-23-26(35)34(30(2,3)28(36)37)29(38)33(27(23)42-24(18)25-32-12-15-40-25)16-20(17-41-21-9-13-39-14-10-21)22-7-5-4-6-19(22)8-11-31/h4-7,12,15,20-21H,8-10,13-14,16-17H2,1-3H3,(H,36,37)/t20-/m0/s1. The van der Waals surface area contributed by atoms with Crippen LogP contribution in [0.2, 0.25) is 0 Å². The largest absolute Gasteiger partial charge is 0.480 e. The molecule has 0 unspecified atom stereocenters. The smallest absolute Gasteiger partial charge is 0.333 e. The average molecular weight is 593 g/mol. The molecule has 1 aliphatic heterocycles. The second kappa shape index (κ2) is 12.1. The summed E-state index contributed by atoms with van der Waals surface area (Å²) in [6.45, 7) is 5.95. The predicted molar refractivity (Wildman–Crippen MR) is 156 cm³/mol. The van der Waals surface area contributed by atoms with E-state index < -0.39 is 22.8 Å². The number of rotatable bonds is 10. The second-order valence-corrected chi connectivity index (χ2v) is 11.8.